The van der Waals surface area contributed by atoms with Gasteiger partial charge in [-0.2, -0.15) is 0 Å². The lowest BCUT2D eigenvalue weighted by Gasteiger charge is -2.08. The Bertz CT molecular complexity index is 720. The largest absolute Gasteiger partial charge is 0.490 e. The van der Waals surface area contributed by atoms with Crippen LogP contribution >= 0.6 is 0 Å². The summed E-state index contributed by atoms with van der Waals surface area (Å²) >= 11 is 0. The van der Waals surface area contributed by atoms with Crippen LogP contribution in [0.15, 0.2) is 48.5 Å². The number of para-hydroxylation sites is 1. The number of benzene rings is 2. The fraction of sp³-hybridized carbons (Fsp3) is 0.222. The Morgan fingerprint density at radius 2 is 1.76 bits per heavy atom. The highest BCUT2D eigenvalue weighted by Crippen LogP contribution is 2.15. The van der Waals surface area contributed by atoms with Crippen molar-refractivity contribution in [2.75, 3.05) is 13.2 Å². The van der Waals surface area contributed by atoms with Gasteiger partial charge in [-0.3, -0.25) is 4.79 Å². The van der Waals surface area contributed by atoms with Crippen molar-refractivity contribution in [2.45, 2.75) is 13.0 Å². The van der Waals surface area contributed by atoms with Crippen molar-refractivity contribution < 1.29 is 18.7 Å². The van der Waals surface area contributed by atoms with Crippen LogP contribution in [0.2, 0.25) is 0 Å². The molecule has 2 rings (SSSR count). The van der Waals surface area contributed by atoms with E-state index in [1.54, 1.807) is 42.5 Å². The number of primary amides is 1. The van der Waals surface area contributed by atoms with Gasteiger partial charge in [-0.05, 0) is 36.2 Å². The number of rotatable bonds is 8. The van der Waals surface area contributed by atoms with Crippen LogP contribution < -0.4 is 21.1 Å². The summed E-state index contributed by atoms with van der Waals surface area (Å²) in [5.41, 5.74) is 6.35. The summed E-state index contributed by atoms with van der Waals surface area (Å²) in [7, 11) is 0. The Kier molecular flexibility index (Phi) is 6.76. The Hall–Kier alpha value is -3.09. The molecule has 6 nitrogen and oxygen atoms in total. The first-order valence-electron chi connectivity index (χ1n) is 7.84. The molecule has 3 amide bonds. The molecule has 0 bridgehead atoms. The van der Waals surface area contributed by atoms with Gasteiger partial charge in [-0.1, -0.05) is 24.3 Å². The molecule has 0 saturated heterocycles. The Morgan fingerprint density at radius 1 is 1.04 bits per heavy atom. The van der Waals surface area contributed by atoms with Crippen molar-refractivity contribution in [3.63, 3.8) is 0 Å². The highest BCUT2D eigenvalue weighted by atomic mass is 19.1. The van der Waals surface area contributed by atoms with E-state index in [1.807, 2.05) is 0 Å². The smallest absolute Gasteiger partial charge is 0.312 e. The van der Waals surface area contributed by atoms with Crippen LogP contribution in [0.3, 0.4) is 0 Å². The lowest BCUT2D eigenvalue weighted by molar-refractivity contribution is 0.0951. The molecular weight excluding hydrogens is 325 g/mol. The molecule has 0 aliphatic carbocycles. The van der Waals surface area contributed by atoms with Gasteiger partial charge < -0.3 is 21.1 Å². The molecule has 132 valence electrons. The first kappa shape index (κ1) is 18.3. The molecule has 0 spiro atoms. The third kappa shape index (κ3) is 6.14. The molecule has 0 aliphatic heterocycles. The third-order valence-corrected chi connectivity index (χ3v) is 3.38. The number of urea groups is 1. The van der Waals surface area contributed by atoms with Crippen molar-refractivity contribution in [1.29, 1.82) is 0 Å². The van der Waals surface area contributed by atoms with Crippen LogP contribution in [0.25, 0.3) is 0 Å². The van der Waals surface area contributed by atoms with Crippen LogP contribution in [-0.2, 0) is 6.54 Å². The van der Waals surface area contributed by atoms with E-state index in [1.165, 1.54) is 6.07 Å². The number of halogens is 1. The first-order chi connectivity index (χ1) is 12.1. The zero-order chi connectivity index (χ0) is 18.1. The Balaban J connectivity index is 1.69. The van der Waals surface area contributed by atoms with E-state index in [-0.39, 0.29) is 11.7 Å². The normalized spacial score (nSPS) is 10.1. The van der Waals surface area contributed by atoms with E-state index >= 15 is 0 Å². The van der Waals surface area contributed by atoms with E-state index in [0.717, 1.165) is 5.56 Å². The van der Waals surface area contributed by atoms with Gasteiger partial charge in [-0.15, -0.1) is 0 Å². The van der Waals surface area contributed by atoms with Crippen LogP contribution in [0, 0.1) is 5.82 Å². The molecule has 0 fully saturated rings. The molecule has 0 radical (unpaired) electrons. The van der Waals surface area contributed by atoms with Crippen molar-refractivity contribution in [3.8, 4) is 5.75 Å². The highest BCUT2D eigenvalue weighted by Gasteiger charge is 2.05. The van der Waals surface area contributed by atoms with E-state index in [0.29, 0.717) is 31.7 Å². The number of nitrogens with one attached hydrogen (secondary N) is 2. The van der Waals surface area contributed by atoms with Gasteiger partial charge >= 0.3 is 6.03 Å². The average molecular weight is 345 g/mol. The van der Waals surface area contributed by atoms with Gasteiger partial charge in [0.05, 0.1) is 6.61 Å². The minimum Gasteiger partial charge on any atom is -0.490 e. The summed E-state index contributed by atoms with van der Waals surface area (Å²) in [6.07, 6.45) is 0.556. The maximum absolute atomic E-state index is 13.4. The van der Waals surface area contributed by atoms with Crippen LogP contribution in [0.1, 0.15) is 22.3 Å². The van der Waals surface area contributed by atoms with Crippen LogP contribution in [0.4, 0.5) is 9.18 Å². The summed E-state index contributed by atoms with van der Waals surface area (Å²) in [5.74, 6) is -0.410. The number of amides is 3. The van der Waals surface area contributed by atoms with E-state index < -0.39 is 11.8 Å². The number of carbonyl (C=O) groups is 2. The second-order valence-corrected chi connectivity index (χ2v) is 5.30. The SMILES string of the molecule is NC(=O)NCc1ccc(C(=O)NCCCOc2ccccc2F)cc1. The fourth-order valence-electron chi connectivity index (χ4n) is 2.08. The minimum atomic E-state index is -0.598. The van der Waals surface area contributed by atoms with Gasteiger partial charge in [-0.25, -0.2) is 9.18 Å². The number of hydrogen-bond donors (Lipinski definition) is 3. The van der Waals surface area contributed by atoms with E-state index in [9.17, 15) is 14.0 Å². The second kappa shape index (κ2) is 9.27. The van der Waals surface area contributed by atoms with Crippen molar-refractivity contribution in [2.24, 2.45) is 5.73 Å². The quantitative estimate of drug-likeness (QED) is 0.640. The molecule has 0 aromatic heterocycles. The fourth-order valence-corrected chi connectivity index (χ4v) is 2.08. The van der Waals surface area contributed by atoms with Gasteiger partial charge in [0.25, 0.3) is 5.91 Å². The van der Waals surface area contributed by atoms with Crippen LogP contribution in [-0.4, -0.2) is 25.1 Å². The molecule has 0 heterocycles. The lowest BCUT2D eigenvalue weighted by atomic mass is 10.1. The second-order valence-electron chi connectivity index (χ2n) is 5.30. The molecular formula is C18H20FN3O3. The number of ether oxygens (including phenoxy) is 1. The third-order valence-electron chi connectivity index (χ3n) is 3.38. The Morgan fingerprint density at radius 3 is 2.44 bits per heavy atom. The standard InChI is InChI=1S/C18H20FN3O3/c19-15-4-1-2-5-16(15)25-11-3-10-21-17(23)14-8-6-13(7-9-14)12-22-18(20)24/h1-2,4-9H,3,10-12H2,(H,21,23)(H3,20,22,24). The molecule has 25 heavy (non-hydrogen) atoms. The average Bonchev–Trinajstić information content (AvgIpc) is 2.61. The van der Waals surface area contributed by atoms with E-state index in [2.05, 4.69) is 10.6 Å². The summed E-state index contributed by atoms with van der Waals surface area (Å²) in [6, 6.07) is 12.4. The predicted molar refractivity (Wildman–Crippen MR) is 91.7 cm³/mol. The predicted octanol–water partition coefficient (Wildman–Crippen LogP) is 2.19. The van der Waals surface area contributed by atoms with Gasteiger partial charge in [0.1, 0.15) is 0 Å². The van der Waals surface area contributed by atoms with Crippen LogP contribution in [0.5, 0.6) is 5.75 Å². The summed E-state index contributed by atoms with van der Waals surface area (Å²) in [5, 5.41) is 5.24. The van der Waals surface area contributed by atoms with Gasteiger partial charge in [0.15, 0.2) is 11.6 Å². The topological polar surface area (TPSA) is 93.5 Å². The molecule has 0 saturated carbocycles. The van der Waals surface area contributed by atoms with Gasteiger partial charge in [0, 0.05) is 18.7 Å². The van der Waals surface area contributed by atoms with Crippen molar-refractivity contribution in [3.05, 3.63) is 65.5 Å². The Labute approximate surface area is 145 Å². The summed E-state index contributed by atoms with van der Waals surface area (Å²) in [6.45, 7) is 1.03. The van der Waals surface area contributed by atoms with Gasteiger partial charge in [0.2, 0.25) is 0 Å². The molecule has 4 N–H and O–H groups in total. The minimum absolute atomic E-state index is 0.203. The zero-order valence-electron chi connectivity index (χ0n) is 13.6. The number of nitrogens with two attached hydrogens (primary N) is 1. The monoisotopic (exact) mass is 345 g/mol. The summed E-state index contributed by atoms with van der Waals surface area (Å²) in [4.78, 5) is 22.7. The number of carbonyl (C=O) groups excluding carboxylic acids is 2. The molecule has 0 atom stereocenters. The molecule has 0 unspecified atom stereocenters. The first-order valence-corrected chi connectivity index (χ1v) is 7.84. The molecule has 2 aromatic carbocycles. The zero-order valence-corrected chi connectivity index (χ0v) is 13.6. The summed E-state index contributed by atoms with van der Waals surface area (Å²) < 4.78 is 18.7. The molecule has 0 aliphatic rings. The van der Waals surface area contributed by atoms with E-state index in [4.69, 9.17) is 10.5 Å². The lowest BCUT2D eigenvalue weighted by Crippen LogP contribution is -2.28. The molecule has 2 aromatic rings. The highest BCUT2D eigenvalue weighted by molar-refractivity contribution is 5.94. The van der Waals surface area contributed by atoms with Crippen molar-refractivity contribution >= 4 is 11.9 Å². The molecule has 7 heteroatoms. The maximum Gasteiger partial charge on any atom is 0.312 e. The maximum atomic E-state index is 13.4. The van der Waals surface area contributed by atoms with Crippen molar-refractivity contribution in [1.82, 2.24) is 10.6 Å². The number of hydrogen-bond acceptors (Lipinski definition) is 3.